The molecule has 0 unspecified atom stereocenters. The Morgan fingerprint density at radius 1 is 1.13 bits per heavy atom. The minimum atomic E-state index is -3.52. The van der Waals surface area contributed by atoms with Gasteiger partial charge in [-0.15, -0.1) is 6.58 Å². The molecule has 1 aliphatic rings. The molecule has 0 aliphatic heterocycles. The van der Waals surface area contributed by atoms with E-state index in [4.69, 9.17) is 16.3 Å². The van der Waals surface area contributed by atoms with E-state index >= 15 is 0 Å². The molecule has 30 heavy (non-hydrogen) atoms. The Balaban J connectivity index is 1.64. The minimum absolute atomic E-state index is 0.0152. The number of sulfonamides is 1. The fourth-order valence-electron chi connectivity index (χ4n) is 3.96. The topological polar surface area (TPSA) is 49.9 Å². The van der Waals surface area contributed by atoms with E-state index in [9.17, 15) is 8.42 Å². The highest BCUT2D eigenvalue weighted by molar-refractivity contribution is 7.89. The van der Waals surface area contributed by atoms with Crippen LogP contribution in [0.2, 0.25) is 5.02 Å². The van der Waals surface area contributed by atoms with Crippen molar-refractivity contribution in [2.24, 2.45) is 0 Å². The van der Waals surface area contributed by atoms with Gasteiger partial charge in [0.15, 0.2) is 0 Å². The van der Waals surface area contributed by atoms with Crippen molar-refractivity contribution in [2.45, 2.75) is 68.4 Å². The number of nitrogens with zero attached hydrogens (tertiary/aromatic N) is 2. The average molecular weight is 457 g/mol. The van der Waals surface area contributed by atoms with Crippen LogP contribution < -0.4 is 0 Å². The molecule has 0 radical (unpaired) electrons. The van der Waals surface area contributed by atoms with Gasteiger partial charge in [0.1, 0.15) is 0 Å². The number of rotatable bonds is 13. The van der Waals surface area contributed by atoms with E-state index in [1.165, 1.54) is 29.6 Å². The van der Waals surface area contributed by atoms with Crippen molar-refractivity contribution in [3.8, 4) is 0 Å². The predicted octanol–water partition coefficient (Wildman–Crippen LogP) is 4.97. The summed E-state index contributed by atoms with van der Waals surface area (Å²) in [6.45, 7) is 6.62. The van der Waals surface area contributed by atoms with Crippen LogP contribution in [0.5, 0.6) is 0 Å². The Labute approximate surface area is 188 Å². The van der Waals surface area contributed by atoms with Crippen LogP contribution in [0, 0.1) is 0 Å². The van der Waals surface area contributed by atoms with E-state index in [-0.39, 0.29) is 17.0 Å². The van der Waals surface area contributed by atoms with Crippen molar-refractivity contribution in [3.63, 3.8) is 0 Å². The van der Waals surface area contributed by atoms with E-state index in [2.05, 4.69) is 18.5 Å². The lowest BCUT2D eigenvalue weighted by Gasteiger charge is -2.34. The first-order valence-electron chi connectivity index (χ1n) is 11.0. The van der Waals surface area contributed by atoms with Crippen LogP contribution in [-0.2, 0) is 14.8 Å². The Kier molecular flexibility index (Phi) is 10.8. The molecule has 0 N–H and O–H groups in total. The Morgan fingerprint density at radius 2 is 1.83 bits per heavy atom. The number of hydrogen-bond donors (Lipinski definition) is 0. The molecular weight excluding hydrogens is 420 g/mol. The van der Waals surface area contributed by atoms with Gasteiger partial charge >= 0.3 is 0 Å². The average Bonchev–Trinajstić information content (AvgIpc) is 2.73. The van der Waals surface area contributed by atoms with Crippen LogP contribution in [0.25, 0.3) is 0 Å². The number of benzene rings is 1. The summed E-state index contributed by atoms with van der Waals surface area (Å²) in [4.78, 5) is 2.54. The molecule has 0 saturated heterocycles. The molecule has 170 valence electrons. The second-order valence-corrected chi connectivity index (χ2v) is 10.7. The van der Waals surface area contributed by atoms with Gasteiger partial charge in [0.05, 0.1) is 11.0 Å². The van der Waals surface area contributed by atoms with Gasteiger partial charge in [-0.1, -0.05) is 36.6 Å². The summed E-state index contributed by atoms with van der Waals surface area (Å²) >= 11 is 5.97. The monoisotopic (exact) mass is 456 g/mol. The van der Waals surface area contributed by atoms with Gasteiger partial charge in [0.25, 0.3) is 0 Å². The summed E-state index contributed by atoms with van der Waals surface area (Å²) in [6.07, 6.45) is 10.4. The van der Waals surface area contributed by atoms with E-state index in [0.717, 1.165) is 51.8 Å². The van der Waals surface area contributed by atoms with Gasteiger partial charge in [0.2, 0.25) is 10.0 Å². The lowest BCUT2D eigenvalue weighted by molar-refractivity contribution is 0.0156. The van der Waals surface area contributed by atoms with Gasteiger partial charge in [-0.05, 0) is 70.3 Å². The predicted molar refractivity (Wildman–Crippen MR) is 125 cm³/mol. The van der Waals surface area contributed by atoms with E-state index in [0.29, 0.717) is 5.02 Å². The van der Waals surface area contributed by atoms with Crippen LogP contribution >= 0.6 is 11.6 Å². The van der Waals surface area contributed by atoms with Crippen molar-refractivity contribution in [3.05, 3.63) is 41.9 Å². The largest absolute Gasteiger partial charge is 0.378 e. The molecule has 1 aliphatic carbocycles. The molecule has 0 aromatic heterocycles. The lowest BCUT2D eigenvalue weighted by atomic mass is 9.93. The maximum Gasteiger partial charge on any atom is 0.243 e. The summed E-state index contributed by atoms with van der Waals surface area (Å²) < 4.78 is 33.3. The third-order valence-corrected chi connectivity index (χ3v) is 8.00. The summed E-state index contributed by atoms with van der Waals surface area (Å²) in [7, 11) is 0.280. The summed E-state index contributed by atoms with van der Waals surface area (Å²) in [6, 6.07) is 6.49. The number of unbranched alkanes of at least 4 members (excludes halogenated alkanes) is 3. The summed E-state index contributed by atoms with van der Waals surface area (Å²) in [5, 5.41) is 0.436. The van der Waals surface area contributed by atoms with E-state index in [1.807, 2.05) is 6.08 Å². The van der Waals surface area contributed by atoms with Crippen LogP contribution in [0.1, 0.15) is 51.4 Å². The van der Waals surface area contributed by atoms with Crippen molar-refractivity contribution < 1.29 is 13.2 Å². The van der Waals surface area contributed by atoms with Crippen LogP contribution in [0.3, 0.4) is 0 Å². The summed E-state index contributed by atoms with van der Waals surface area (Å²) in [5.74, 6) is 0. The molecule has 0 amide bonds. The van der Waals surface area contributed by atoms with Gasteiger partial charge in [-0.3, -0.25) is 0 Å². The molecule has 0 bridgehead atoms. The molecule has 1 aromatic rings. The van der Waals surface area contributed by atoms with E-state index in [1.54, 1.807) is 25.2 Å². The SMILES string of the molecule is C=CCN(C)CCCCCCOC1CCC(N(C)S(=O)(=O)c2cccc(Cl)c2)CC1. The molecule has 1 saturated carbocycles. The third-order valence-electron chi connectivity index (χ3n) is 5.86. The molecule has 0 heterocycles. The highest BCUT2D eigenvalue weighted by Crippen LogP contribution is 2.29. The number of likely N-dealkylation sites (N-methyl/N-ethyl adjacent to an activating group) is 1. The molecule has 2 rings (SSSR count). The fourth-order valence-corrected chi connectivity index (χ4v) is 5.68. The lowest BCUT2D eigenvalue weighted by Crippen LogP contribution is -2.40. The molecule has 1 aromatic carbocycles. The first kappa shape index (κ1) is 25.3. The zero-order valence-corrected chi connectivity index (χ0v) is 20.0. The molecule has 7 heteroatoms. The smallest absolute Gasteiger partial charge is 0.243 e. The molecular formula is C23H37ClN2O3S. The minimum Gasteiger partial charge on any atom is -0.378 e. The Hall–Kier alpha value is -0.920. The van der Waals surface area contributed by atoms with Crippen LogP contribution in [0.15, 0.2) is 41.8 Å². The van der Waals surface area contributed by atoms with E-state index < -0.39 is 10.0 Å². The van der Waals surface area contributed by atoms with Gasteiger partial charge in [0, 0.05) is 31.3 Å². The molecule has 1 fully saturated rings. The van der Waals surface area contributed by atoms with Crippen LogP contribution in [0.4, 0.5) is 0 Å². The quantitative estimate of drug-likeness (QED) is 0.310. The normalized spacial score (nSPS) is 20.0. The maximum absolute atomic E-state index is 12.9. The highest BCUT2D eigenvalue weighted by Gasteiger charge is 2.31. The van der Waals surface area contributed by atoms with Crippen molar-refractivity contribution in [1.82, 2.24) is 9.21 Å². The van der Waals surface area contributed by atoms with Gasteiger partial charge in [-0.25, -0.2) is 8.42 Å². The molecule has 0 atom stereocenters. The van der Waals surface area contributed by atoms with Crippen molar-refractivity contribution >= 4 is 21.6 Å². The molecule has 5 nitrogen and oxygen atoms in total. The zero-order valence-electron chi connectivity index (χ0n) is 18.4. The van der Waals surface area contributed by atoms with Crippen LogP contribution in [-0.4, -0.2) is 63.6 Å². The second kappa shape index (κ2) is 12.8. The Morgan fingerprint density at radius 3 is 2.50 bits per heavy atom. The Bertz CT molecular complexity index is 749. The standard InChI is InChI=1S/C23H37ClN2O3S/c1-4-16-25(2)17-7-5-6-8-18-29-22-14-12-21(13-15-22)26(3)30(27,28)23-11-9-10-20(24)19-23/h4,9-11,19,21-22H,1,5-8,12-18H2,2-3H3. The third kappa shape index (κ3) is 7.97. The number of halogens is 1. The summed E-state index contributed by atoms with van der Waals surface area (Å²) in [5.41, 5.74) is 0. The molecule has 0 spiro atoms. The second-order valence-electron chi connectivity index (χ2n) is 8.25. The zero-order chi connectivity index (χ0) is 22.0. The maximum atomic E-state index is 12.9. The van der Waals surface area contributed by atoms with Gasteiger partial charge < -0.3 is 9.64 Å². The number of ether oxygens (including phenoxy) is 1. The first-order valence-corrected chi connectivity index (χ1v) is 12.8. The fraction of sp³-hybridized carbons (Fsp3) is 0.652. The van der Waals surface area contributed by atoms with Gasteiger partial charge in [-0.2, -0.15) is 4.31 Å². The van der Waals surface area contributed by atoms with Crippen molar-refractivity contribution in [1.29, 1.82) is 0 Å². The highest BCUT2D eigenvalue weighted by atomic mass is 35.5. The first-order chi connectivity index (χ1) is 14.3. The van der Waals surface area contributed by atoms with Crippen molar-refractivity contribution in [2.75, 3.05) is 33.8 Å². The number of hydrogen-bond acceptors (Lipinski definition) is 4.